The maximum Gasteiger partial charge on any atom is 0.266 e. The average Bonchev–Trinajstić information content (AvgIpc) is 3.09. The Labute approximate surface area is 213 Å². The van der Waals surface area contributed by atoms with Crippen LogP contribution in [-0.4, -0.2) is 22.5 Å². The molecule has 0 radical (unpaired) electrons. The number of benzene rings is 3. The molecule has 1 aliphatic heterocycles. The molecule has 1 saturated heterocycles. The largest absolute Gasteiger partial charge is 0.488 e. The van der Waals surface area contributed by atoms with Crippen molar-refractivity contribution in [1.82, 2.24) is 4.90 Å². The molecule has 0 N–H and O–H groups in total. The molecule has 1 amide bonds. The number of aliphatic imine (C=N–C) groups is 1. The highest BCUT2D eigenvalue weighted by molar-refractivity contribution is 9.10. The van der Waals surface area contributed by atoms with Crippen LogP contribution in [0.1, 0.15) is 30.5 Å². The lowest BCUT2D eigenvalue weighted by molar-refractivity contribution is -0.122. The highest BCUT2D eigenvalue weighted by Crippen LogP contribution is 2.36. The first kappa shape index (κ1) is 24.3. The summed E-state index contributed by atoms with van der Waals surface area (Å²) in [5, 5.41) is 0.710. The molecule has 3 aromatic carbocycles. The van der Waals surface area contributed by atoms with Crippen molar-refractivity contribution in [3.05, 3.63) is 98.9 Å². The Morgan fingerprint density at radius 1 is 1.03 bits per heavy atom. The molecule has 4 nitrogen and oxygen atoms in total. The molecule has 0 saturated carbocycles. The molecule has 0 bridgehead atoms. The summed E-state index contributed by atoms with van der Waals surface area (Å²) in [6.07, 6.45) is 1.91. The Morgan fingerprint density at radius 2 is 1.74 bits per heavy atom. The molecule has 1 heterocycles. The fourth-order valence-corrected chi connectivity index (χ4v) is 4.72. The van der Waals surface area contributed by atoms with Crippen molar-refractivity contribution < 1.29 is 9.53 Å². The first-order chi connectivity index (χ1) is 16.4. The molecule has 3 aromatic rings. The van der Waals surface area contributed by atoms with Gasteiger partial charge in [0.15, 0.2) is 5.17 Å². The summed E-state index contributed by atoms with van der Waals surface area (Å²) in [7, 11) is 0. The van der Waals surface area contributed by atoms with Crippen LogP contribution in [0.5, 0.6) is 5.75 Å². The second-order valence-electron chi connectivity index (χ2n) is 8.60. The number of ether oxygens (including phenoxy) is 1. The minimum absolute atomic E-state index is 0.0210. The third-order valence-electron chi connectivity index (χ3n) is 5.21. The van der Waals surface area contributed by atoms with Gasteiger partial charge in [-0.05, 0) is 66.6 Å². The number of amides is 1. The van der Waals surface area contributed by atoms with Crippen LogP contribution in [0.3, 0.4) is 0 Å². The number of halogens is 1. The summed E-state index contributed by atoms with van der Waals surface area (Å²) in [5.74, 6) is 1.05. The first-order valence-electron chi connectivity index (χ1n) is 11.2. The number of hydrogen-bond acceptors (Lipinski definition) is 4. The van der Waals surface area contributed by atoms with Crippen molar-refractivity contribution in [3.63, 3.8) is 0 Å². The quantitative estimate of drug-likeness (QED) is 0.293. The highest BCUT2D eigenvalue weighted by Gasteiger charge is 2.34. The van der Waals surface area contributed by atoms with Gasteiger partial charge in [0.25, 0.3) is 5.91 Å². The van der Waals surface area contributed by atoms with Gasteiger partial charge in [0.1, 0.15) is 12.4 Å². The van der Waals surface area contributed by atoms with E-state index >= 15 is 0 Å². The van der Waals surface area contributed by atoms with E-state index in [1.54, 1.807) is 4.90 Å². The zero-order chi connectivity index (χ0) is 24.1. The number of thioether (sulfide) groups is 1. The van der Waals surface area contributed by atoms with Crippen molar-refractivity contribution in [1.29, 1.82) is 0 Å². The monoisotopic (exact) mass is 534 g/mol. The molecule has 1 fully saturated rings. The molecule has 0 spiro atoms. The Kier molecular flexibility index (Phi) is 7.91. The lowest BCUT2D eigenvalue weighted by atomic mass is 10.1. The molecule has 0 aliphatic carbocycles. The van der Waals surface area contributed by atoms with E-state index in [4.69, 9.17) is 9.73 Å². The van der Waals surface area contributed by atoms with Gasteiger partial charge < -0.3 is 4.74 Å². The second kappa shape index (κ2) is 11.1. The first-order valence-corrected chi connectivity index (χ1v) is 12.8. The van der Waals surface area contributed by atoms with E-state index < -0.39 is 0 Å². The van der Waals surface area contributed by atoms with Crippen molar-refractivity contribution >= 4 is 50.5 Å². The van der Waals surface area contributed by atoms with Gasteiger partial charge in [-0.1, -0.05) is 77.8 Å². The number of amidine groups is 1. The SMILES string of the molecule is Cc1ccc(N=C2S/C(=C/c3ccccc3OCc3ccc(Br)cc3)C(=O)N2CC(C)C)cc1. The van der Waals surface area contributed by atoms with Crippen LogP contribution in [0.2, 0.25) is 0 Å². The number of carbonyl (C=O) groups excluding carboxylic acids is 1. The molecule has 0 aromatic heterocycles. The summed E-state index contributed by atoms with van der Waals surface area (Å²) in [6, 6.07) is 23.9. The zero-order valence-corrected chi connectivity index (χ0v) is 21.9. The topological polar surface area (TPSA) is 41.9 Å². The van der Waals surface area contributed by atoms with E-state index in [0.717, 1.165) is 27.0 Å². The lowest BCUT2D eigenvalue weighted by Crippen LogP contribution is -2.32. The highest BCUT2D eigenvalue weighted by atomic mass is 79.9. The lowest BCUT2D eigenvalue weighted by Gasteiger charge is -2.17. The fraction of sp³-hybridized carbons (Fsp3) is 0.214. The predicted octanol–water partition coefficient (Wildman–Crippen LogP) is 7.60. The fourth-order valence-electron chi connectivity index (χ4n) is 3.46. The van der Waals surface area contributed by atoms with Crippen molar-refractivity contribution in [2.45, 2.75) is 27.4 Å². The molecule has 174 valence electrons. The molecule has 0 unspecified atom stereocenters. The van der Waals surface area contributed by atoms with E-state index in [0.29, 0.717) is 29.1 Å². The molecule has 0 atom stereocenters. The smallest absolute Gasteiger partial charge is 0.266 e. The van der Waals surface area contributed by atoms with E-state index in [2.05, 4.69) is 29.8 Å². The Bertz CT molecular complexity index is 1220. The van der Waals surface area contributed by atoms with Gasteiger partial charge in [0.2, 0.25) is 0 Å². The molecular formula is C28H27BrN2O2S. The molecule has 1 aliphatic rings. The van der Waals surface area contributed by atoms with Crippen LogP contribution in [0.4, 0.5) is 5.69 Å². The summed E-state index contributed by atoms with van der Waals surface area (Å²) in [5.41, 5.74) is 3.97. The van der Waals surface area contributed by atoms with Gasteiger partial charge in [0.05, 0.1) is 10.6 Å². The summed E-state index contributed by atoms with van der Waals surface area (Å²) in [4.78, 5) is 20.6. The number of carbonyl (C=O) groups is 1. The van der Waals surface area contributed by atoms with Crippen molar-refractivity contribution in [3.8, 4) is 5.75 Å². The Balaban J connectivity index is 1.60. The summed E-state index contributed by atoms with van der Waals surface area (Å²) < 4.78 is 7.14. The van der Waals surface area contributed by atoms with Crippen LogP contribution in [0.25, 0.3) is 6.08 Å². The van der Waals surface area contributed by atoms with Crippen molar-refractivity contribution in [2.24, 2.45) is 10.9 Å². The Morgan fingerprint density at radius 3 is 2.44 bits per heavy atom. The Hall–Kier alpha value is -2.83. The number of aryl methyl sites for hydroxylation is 1. The number of rotatable bonds is 7. The van der Waals surface area contributed by atoms with Crippen LogP contribution in [0, 0.1) is 12.8 Å². The van der Waals surface area contributed by atoms with Crippen LogP contribution in [0.15, 0.2) is 87.2 Å². The van der Waals surface area contributed by atoms with Crippen LogP contribution < -0.4 is 4.74 Å². The third-order valence-corrected chi connectivity index (χ3v) is 6.74. The van der Waals surface area contributed by atoms with Gasteiger partial charge in [-0.25, -0.2) is 4.99 Å². The van der Waals surface area contributed by atoms with Crippen molar-refractivity contribution in [2.75, 3.05) is 6.54 Å². The average molecular weight is 536 g/mol. The van der Waals surface area contributed by atoms with Gasteiger partial charge in [-0.15, -0.1) is 0 Å². The van der Waals surface area contributed by atoms with E-state index in [-0.39, 0.29) is 5.91 Å². The molecule has 4 rings (SSSR count). The van der Waals surface area contributed by atoms with E-state index in [1.165, 1.54) is 17.3 Å². The van der Waals surface area contributed by atoms with Gasteiger partial charge in [0, 0.05) is 16.6 Å². The van der Waals surface area contributed by atoms with Crippen LogP contribution in [-0.2, 0) is 11.4 Å². The summed E-state index contributed by atoms with van der Waals surface area (Å²) in [6.45, 7) is 7.33. The third kappa shape index (κ3) is 6.19. The summed E-state index contributed by atoms with van der Waals surface area (Å²) >= 11 is 4.87. The molecule has 34 heavy (non-hydrogen) atoms. The van der Waals surface area contributed by atoms with Gasteiger partial charge in [-0.2, -0.15) is 0 Å². The normalized spacial score (nSPS) is 16.1. The predicted molar refractivity (Wildman–Crippen MR) is 145 cm³/mol. The number of hydrogen-bond donors (Lipinski definition) is 0. The van der Waals surface area contributed by atoms with Crippen LogP contribution >= 0.6 is 27.7 Å². The standard InChI is InChI=1S/C28H27BrN2O2S/c1-19(2)17-31-27(32)26(34-28(31)30-24-14-8-20(3)9-15-24)16-22-6-4-5-7-25(22)33-18-21-10-12-23(29)13-11-21/h4-16,19H,17-18H2,1-3H3/b26-16+,30-28?. The van der Waals surface area contributed by atoms with Gasteiger partial charge in [-0.3, -0.25) is 9.69 Å². The number of nitrogens with zero attached hydrogens (tertiary/aromatic N) is 2. The zero-order valence-electron chi connectivity index (χ0n) is 19.5. The minimum atomic E-state index is -0.0210. The minimum Gasteiger partial charge on any atom is -0.488 e. The van der Waals surface area contributed by atoms with Gasteiger partial charge >= 0.3 is 0 Å². The molecular weight excluding hydrogens is 508 g/mol. The van der Waals surface area contributed by atoms with E-state index in [1.807, 2.05) is 85.8 Å². The maximum absolute atomic E-state index is 13.3. The second-order valence-corrected chi connectivity index (χ2v) is 10.5. The number of para-hydroxylation sites is 1. The maximum atomic E-state index is 13.3. The molecule has 6 heteroatoms. The van der Waals surface area contributed by atoms with E-state index in [9.17, 15) is 4.79 Å².